The van der Waals surface area contributed by atoms with E-state index >= 15 is 0 Å². The zero-order valence-electron chi connectivity index (χ0n) is 21.0. The molecular formula is C26H35FN4O4S. The first kappa shape index (κ1) is 26.4. The number of piperazine rings is 1. The van der Waals surface area contributed by atoms with Crippen LogP contribution in [-0.2, 0) is 14.8 Å². The molecule has 1 atom stereocenters. The van der Waals surface area contributed by atoms with Crippen molar-refractivity contribution in [1.29, 1.82) is 0 Å². The van der Waals surface area contributed by atoms with Crippen LogP contribution in [0.25, 0.3) is 0 Å². The summed E-state index contributed by atoms with van der Waals surface area (Å²) in [5.41, 5.74) is 1.23. The minimum Gasteiger partial charge on any atom is -0.481 e. The van der Waals surface area contributed by atoms with Crippen LogP contribution in [0, 0.1) is 5.82 Å². The second-order valence-corrected chi connectivity index (χ2v) is 11.2. The quantitative estimate of drug-likeness (QED) is 0.576. The van der Waals surface area contributed by atoms with Crippen molar-refractivity contribution < 1.29 is 22.3 Å². The second-order valence-electron chi connectivity index (χ2n) is 9.27. The van der Waals surface area contributed by atoms with E-state index < -0.39 is 22.0 Å². The number of rotatable bonds is 8. The molecule has 2 saturated heterocycles. The van der Waals surface area contributed by atoms with Crippen LogP contribution in [0.2, 0.25) is 0 Å². The standard InChI is InChI=1S/C26H35FN4O4S/c1-3-29-15-17-30(18-16-29)25-12-11-23(36(33,34)31-13-5-4-6-14-31)19-24(25)28-26(32)20(2)35-22-9-7-21(27)8-10-22/h7-12,19-20H,3-6,13-18H2,1-2H3,(H,28,32)/t20-/m0/s1. The molecule has 10 heteroatoms. The Morgan fingerprint density at radius 1 is 1.00 bits per heavy atom. The van der Waals surface area contributed by atoms with E-state index in [0.717, 1.165) is 57.7 Å². The number of hydrogen-bond donors (Lipinski definition) is 1. The lowest BCUT2D eigenvalue weighted by molar-refractivity contribution is -0.122. The topological polar surface area (TPSA) is 82.2 Å². The van der Waals surface area contributed by atoms with Crippen molar-refractivity contribution in [3.05, 3.63) is 48.3 Å². The number of likely N-dealkylation sites (N-methyl/N-ethyl adjacent to an activating group) is 1. The van der Waals surface area contributed by atoms with Gasteiger partial charge >= 0.3 is 0 Å². The highest BCUT2D eigenvalue weighted by Crippen LogP contribution is 2.32. The SMILES string of the molecule is CCN1CCN(c2ccc(S(=O)(=O)N3CCCCC3)cc2NC(=O)[C@H](C)Oc2ccc(F)cc2)CC1. The highest BCUT2D eigenvalue weighted by atomic mass is 32.2. The van der Waals surface area contributed by atoms with E-state index in [2.05, 4.69) is 22.0 Å². The monoisotopic (exact) mass is 518 g/mol. The summed E-state index contributed by atoms with van der Waals surface area (Å²) >= 11 is 0. The van der Waals surface area contributed by atoms with Crippen molar-refractivity contribution in [2.24, 2.45) is 0 Å². The largest absolute Gasteiger partial charge is 0.481 e. The minimum absolute atomic E-state index is 0.169. The van der Waals surface area contributed by atoms with Gasteiger partial charge in [0.15, 0.2) is 6.10 Å². The summed E-state index contributed by atoms with van der Waals surface area (Å²) in [5.74, 6) is -0.435. The lowest BCUT2D eigenvalue weighted by atomic mass is 10.2. The van der Waals surface area contributed by atoms with Crippen LogP contribution in [0.4, 0.5) is 15.8 Å². The molecule has 0 spiro atoms. The molecule has 0 aliphatic carbocycles. The molecule has 4 rings (SSSR count). The van der Waals surface area contributed by atoms with Gasteiger partial charge in [-0.25, -0.2) is 12.8 Å². The lowest BCUT2D eigenvalue weighted by Gasteiger charge is -2.36. The van der Waals surface area contributed by atoms with Crippen LogP contribution < -0.4 is 15.0 Å². The zero-order valence-corrected chi connectivity index (χ0v) is 21.8. The molecule has 196 valence electrons. The van der Waals surface area contributed by atoms with Crippen molar-refractivity contribution in [1.82, 2.24) is 9.21 Å². The Balaban J connectivity index is 1.58. The molecule has 2 aromatic rings. The Labute approximate surface area is 213 Å². The van der Waals surface area contributed by atoms with Crippen molar-refractivity contribution in [2.75, 3.05) is 56.0 Å². The van der Waals surface area contributed by atoms with E-state index in [4.69, 9.17) is 4.74 Å². The summed E-state index contributed by atoms with van der Waals surface area (Å²) in [5, 5.41) is 2.90. The van der Waals surface area contributed by atoms with Crippen molar-refractivity contribution in [2.45, 2.75) is 44.1 Å². The van der Waals surface area contributed by atoms with Gasteiger partial charge in [0.25, 0.3) is 5.91 Å². The minimum atomic E-state index is -3.66. The normalized spacial score (nSPS) is 18.6. The fourth-order valence-corrected chi connectivity index (χ4v) is 6.16. The van der Waals surface area contributed by atoms with Crippen LogP contribution in [0.3, 0.4) is 0 Å². The van der Waals surface area contributed by atoms with Gasteiger partial charge in [-0.05, 0) is 68.8 Å². The number of amides is 1. The lowest BCUT2D eigenvalue weighted by Crippen LogP contribution is -2.46. The van der Waals surface area contributed by atoms with Gasteiger partial charge < -0.3 is 19.9 Å². The molecule has 0 aromatic heterocycles. The molecule has 2 aromatic carbocycles. The van der Waals surface area contributed by atoms with Gasteiger partial charge in [-0.1, -0.05) is 13.3 Å². The van der Waals surface area contributed by atoms with Gasteiger partial charge in [-0.3, -0.25) is 4.79 Å². The molecule has 2 aliphatic rings. The molecule has 0 radical (unpaired) electrons. The molecule has 0 unspecified atom stereocenters. The molecule has 8 nitrogen and oxygen atoms in total. The Kier molecular flexibility index (Phi) is 8.48. The molecule has 1 amide bonds. The fourth-order valence-electron chi connectivity index (χ4n) is 4.62. The summed E-state index contributed by atoms with van der Waals surface area (Å²) in [7, 11) is -3.66. The number of piperidine rings is 1. The van der Waals surface area contributed by atoms with E-state index in [9.17, 15) is 17.6 Å². The van der Waals surface area contributed by atoms with Crippen LogP contribution in [0.5, 0.6) is 5.75 Å². The second kappa shape index (κ2) is 11.6. The number of benzene rings is 2. The first-order valence-electron chi connectivity index (χ1n) is 12.6. The molecule has 0 bridgehead atoms. The zero-order chi connectivity index (χ0) is 25.7. The molecule has 2 heterocycles. The first-order chi connectivity index (χ1) is 17.3. The number of anilines is 2. The molecule has 2 aliphatic heterocycles. The van der Waals surface area contributed by atoms with E-state index in [-0.39, 0.29) is 10.7 Å². The average molecular weight is 519 g/mol. The molecule has 1 N–H and O–H groups in total. The van der Waals surface area contributed by atoms with Gasteiger partial charge in [0.1, 0.15) is 11.6 Å². The molecule has 0 saturated carbocycles. The van der Waals surface area contributed by atoms with Gasteiger partial charge in [-0.2, -0.15) is 4.31 Å². The van der Waals surface area contributed by atoms with Crippen LogP contribution in [0.15, 0.2) is 47.4 Å². The number of nitrogens with one attached hydrogen (secondary N) is 1. The predicted octanol–water partition coefficient (Wildman–Crippen LogP) is 3.55. The Bertz CT molecular complexity index is 1150. The number of sulfonamides is 1. The van der Waals surface area contributed by atoms with Gasteiger partial charge in [-0.15, -0.1) is 0 Å². The van der Waals surface area contributed by atoms with E-state index in [1.54, 1.807) is 25.1 Å². The third-order valence-electron chi connectivity index (χ3n) is 6.83. The van der Waals surface area contributed by atoms with E-state index in [0.29, 0.717) is 24.5 Å². The summed E-state index contributed by atoms with van der Waals surface area (Å²) in [6.07, 6.45) is 1.85. The molecule has 36 heavy (non-hydrogen) atoms. The highest BCUT2D eigenvalue weighted by molar-refractivity contribution is 7.89. The highest BCUT2D eigenvalue weighted by Gasteiger charge is 2.28. The smallest absolute Gasteiger partial charge is 0.265 e. The average Bonchev–Trinajstić information content (AvgIpc) is 2.90. The summed E-state index contributed by atoms with van der Waals surface area (Å²) in [4.78, 5) is 17.8. The van der Waals surface area contributed by atoms with Gasteiger partial charge in [0.05, 0.1) is 16.3 Å². The maximum absolute atomic E-state index is 13.3. The van der Waals surface area contributed by atoms with Gasteiger partial charge in [0.2, 0.25) is 10.0 Å². The Morgan fingerprint density at radius 2 is 1.67 bits per heavy atom. The van der Waals surface area contributed by atoms with Crippen molar-refractivity contribution in [3.63, 3.8) is 0 Å². The molecular weight excluding hydrogens is 483 g/mol. The Hall–Kier alpha value is -2.69. The number of carbonyl (C=O) groups is 1. The third-order valence-corrected chi connectivity index (χ3v) is 8.73. The van der Waals surface area contributed by atoms with E-state index in [1.807, 2.05) is 0 Å². The van der Waals surface area contributed by atoms with Crippen LogP contribution in [-0.4, -0.2) is 75.4 Å². The number of halogens is 1. The predicted molar refractivity (Wildman–Crippen MR) is 138 cm³/mol. The number of nitrogens with zero attached hydrogens (tertiary/aromatic N) is 3. The summed E-state index contributed by atoms with van der Waals surface area (Å²) in [6.45, 7) is 9.05. The number of hydrogen-bond acceptors (Lipinski definition) is 6. The van der Waals surface area contributed by atoms with Gasteiger partial charge in [0, 0.05) is 39.3 Å². The molecule has 2 fully saturated rings. The van der Waals surface area contributed by atoms with Crippen LogP contribution >= 0.6 is 0 Å². The third kappa shape index (κ3) is 6.16. The summed E-state index contributed by atoms with van der Waals surface area (Å²) < 4.78 is 47.1. The first-order valence-corrected chi connectivity index (χ1v) is 14.1. The summed E-state index contributed by atoms with van der Waals surface area (Å²) in [6, 6.07) is 10.5. The fraction of sp³-hybridized carbons (Fsp3) is 0.500. The number of carbonyl (C=O) groups excluding carboxylic acids is 1. The maximum Gasteiger partial charge on any atom is 0.265 e. The Morgan fingerprint density at radius 3 is 2.31 bits per heavy atom. The maximum atomic E-state index is 13.3. The van der Waals surface area contributed by atoms with Crippen molar-refractivity contribution in [3.8, 4) is 5.75 Å². The van der Waals surface area contributed by atoms with Crippen LogP contribution in [0.1, 0.15) is 33.1 Å². The van der Waals surface area contributed by atoms with E-state index in [1.165, 1.54) is 28.6 Å². The number of ether oxygens (including phenoxy) is 1. The van der Waals surface area contributed by atoms with Crippen molar-refractivity contribution >= 4 is 27.3 Å².